The molecule has 204 valence electrons. The van der Waals surface area contributed by atoms with Crippen molar-refractivity contribution in [3.63, 3.8) is 0 Å². The van der Waals surface area contributed by atoms with Crippen LogP contribution in [0.4, 0.5) is 16.2 Å². The Balaban J connectivity index is 1.31. The zero-order valence-corrected chi connectivity index (χ0v) is 23.0. The van der Waals surface area contributed by atoms with Crippen LogP contribution in [0.5, 0.6) is 0 Å². The van der Waals surface area contributed by atoms with Gasteiger partial charge in [-0.05, 0) is 85.6 Å². The molecule has 3 aromatic rings. The zero-order chi connectivity index (χ0) is 28.8. The molecule has 0 radical (unpaired) electrons. The van der Waals surface area contributed by atoms with Gasteiger partial charge in [-0.2, -0.15) is 0 Å². The standard InChI is InChI=1S/C30H27N3O6S/c1-18-5-12-23(13-6-18)31-27(35)17-39-29(37)22-10-8-21(9-11-22)15-25-28(36)33(30(38)40-25)16-26(34)32-24-14-19(2)4-7-20(24)3/h4-15H,16-17H2,1-3H3,(H,31,35)(H,32,34)/b25-15-. The summed E-state index contributed by atoms with van der Waals surface area (Å²) >= 11 is 0.736. The molecule has 0 unspecified atom stereocenters. The molecule has 0 atom stereocenters. The summed E-state index contributed by atoms with van der Waals surface area (Å²) in [5.74, 6) is -2.20. The van der Waals surface area contributed by atoms with Crippen LogP contribution in [0.3, 0.4) is 0 Å². The maximum Gasteiger partial charge on any atom is 0.338 e. The van der Waals surface area contributed by atoms with E-state index in [1.54, 1.807) is 24.3 Å². The fraction of sp³-hybridized carbons (Fsp3) is 0.167. The first-order valence-electron chi connectivity index (χ1n) is 12.4. The molecular formula is C30H27N3O6S. The van der Waals surface area contributed by atoms with Crippen molar-refractivity contribution in [2.45, 2.75) is 20.8 Å². The van der Waals surface area contributed by atoms with Gasteiger partial charge < -0.3 is 15.4 Å². The molecule has 0 bridgehead atoms. The lowest BCUT2D eigenvalue weighted by Crippen LogP contribution is -2.36. The highest BCUT2D eigenvalue weighted by Crippen LogP contribution is 2.32. The van der Waals surface area contributed by atoms with Gasteiger partial charge in [-0.3, -0.25) is 24.1 Å². The lowest BCUT2D eigenvalue weighted by molar-refractivity contribution is -0.127. The summed E-state index contributed by atoms with van der Waals surface area (Å²) in [5, 5.41) is 4.85. The minimum atomic E-state index is -0.680. The highest BCUT2D eigenvalue weighted by molar-refractivity contribution is 8.18. The first kappa shape index (κ1) is 28.3. The molecular weight excluding hydrogens is 530 g/mol. The maximum atomic E-state index is 12.8. The number of imide groups is 1. The van der Waals surface area contributed by atoms with E-state index < -0.39 is 42.1 Å². The van der Waals surface area contributed by atoms with Crippen LogP contribution in [0.25, 0.3) is 6.08 Å². The molecule has 2 N–H and O–H groups in total. The summed E-state index contributed by atoms with van der Waals surface area (Å²) < 4.78 is 5.08. The normalized spacial score (nSPS) is 13.9. The molecule has 1 saturated heterocycles. The lowest BCUT2D eigenvalue weighted by Gasteiger charge is -2.14. The van der Waals surface area contributed by atoms with Crippen molar-refractivity contribution in [3.8, 4) is 0 Å². The van der Waals surface area contributed by atoms with E-state index in [1.165, 1.54) is 18.2 Å². The Hall–Kier alpha value is -4.70. The van der Waals surface area contributed by atoms with Crippen LogP contribution in [0.1, 0.15) is 32.6 Å². The first-order chi connectivity index (χ1) is 19.1. The summed E-state index contributed by atoms with van der Waals surface area (Å²) in [6.45, 7) is 4.84. The molecule has 1 aliphatic rings. The van der Waals surface area contributed by atoms with Crippen LogP contribution in [-0.2, 0) is 19.1 Å². The van der Waals surface area contributed by atoms with Gasteiger partial charge in [0.05, 0.1) is 10.5 Å². The van der Waals surface area contributed by atoms with Crippen LogP contribution in [0.15, 0.2) is 71.6 Å². The summed E-state index contributed by atoms with van der Waals surface area (Å²) in [5.41, 5.74) is 4.90. The summed E-state index contributed by atoms with van der Waals surface area (Å²) in [7, 11) is 0. The Bertz CT molecular complexity index is 1510. The minimum absolute atomic E-state index is 0.160. The number of aryl methyl sites for hydroxylation is 3. The topological polar surface area (TPSA) is 122 Å². The maximum absolute atomic E-state index is 12.8. The van der Waals surface area contributed by atoms with E-state index in [2.05, 4.69) is 10.6 Å². The quantitative estimate of drug-likeness (QED) is 0.293. The number of benzene rings is 3. The van der Waals surface area contributed by atoms with E-state index in [-0.39, 0.29) is 10.5 Å². The number of carbonyl (C=O) groups is 5. The average Bonchev–Trinajstić information content (AvgIpc) is 3.18. The molecule has 10 heteroatoms. The van der Waals surface area contributed by atoms with Crippen LogP contribution in [-0.4, -0.2) is 47.0 Å². The predicted molar refractivity (Wildman–Crippen MR) is 154 cm³/mol. The highest BCUT2D eigenvalue weighted by Gasteiger charge is 2.36. The van der Waals surface area contributed by atoms with Crippen molar-refractivity contribution in [1.82, 2.24) is 4.90 Å². The van der Waals surface area contributed by atoms with Crippen LogP contribution < -0.4 is 10.6 Å². The fourth-order valence-electron chi connectivity index (χ4n) is 3.76. The number of hydrogen-bond donors (Lipinski definition) is 2. The molecule has 4 amide bonds. The molecule has 4 rings (SSSR count). The number of amides is 4. The number of nitrogens with one attached hydrogen (secondary N) is 2. The molecule has 1 heterocycles. The molecule has 40 heavy (non-hydrogen) atoms. The molecule has 0 aliphatic carbocycles. The van der Waals surface area contributed by atoms with Gasteiger partial charge in [-0.1, -0.05) is 42.0 Å². The van der Waals surface area contributed by atoms with Gasteiger partial charge in [0, 0.05) is 11.4 Å². The number of hydrogen-bond acceptors (Lipinski definition) is 7. The second-order valence-electron chi connectivity index (χ2n) is 9.25. The van der Waals surface area contributed by atoms with Crippen molar-refractivity contribution in [1.29, 1.82) is 0 Å². The largest absolute Gasteiger partial charge is 0.452 e. The van der Waals surface area contributed by atoms with Gasteiger partial charge >= 0.3 is 5.97 Å². The van der Waals surface area contributed by atoms with E-state index in [9.17, 15) is 24.0 Å². The van der Waals surface area contributed by atoms with Crippen LogP contribution in [0.2, 0.25) is 0 Å². The van der Waals surface area contributed by atoms with Crippen LogP contribution in [0, 0.1) is 20.8 Å². The van der Waals surface area contributed by atoms with Gasteiger partial charge in [0.2, 0.25) is 5.91 Å². The van der Waals surface area contributed by atoms with E-state index in [4.69, 9.17) is 4.74 Å². The third-order valence-corrected chi connectivity index (χ3v) is 6.86. The molecule has 0 saturated carbocycles. The van der Waals surface area contributed by atoms with Crippen molar-refractivity contribution >= 4 is 58.1 Å². The van der Waals surface area contributed by atoms with E-state index >= 15 is 0 Å². The fourth-order valence-corrected chi connectivity index (χ4v) is 4.59. The average molecular weight is 558 g/mol. The smallest absolute Gasteiger partial charge is 0.338 e. The Morgan fingerprint density at radius 2 is 1.52 bits per heavy atom. The Morgan fingerprint density at radius 3 is 2.23 bits per heavy atom. The molecule has 1 fully saturated rings. The summed E-state index contributed by atoms with van der Waals surface area (Å²) in [6, 6.07) is 19.0. The van der Waals surface area contributed by atoms with Gasteiger partial charge in [0.25, 0.3) is 17.1 Å². The minimum Gasteiger partial charge on any atom is -0.452 e. The number of esters is 1. The summed E-state index contributed by atoms with van der Waals surface area (Å²) in [4.78, 5) is 63.3. The predicted octanol–water partition coefficient (Wildman–Crippen LogP) is 5.08. The summed E-state index contributed by atoms with van der Waals surface area (Å²) in [6.07, 6.45) is 1.51. The number of thioether (sulfide) groups is 1. The van der Waals surface area contributed by atoms with Gasteiger partial charge in [0.15, 0.2) is 6.61 Å². The van der Waals surface area contributed by atoms with Crippen molar-refractivity contribution in [2.75, 3.05) is 23.8 Å². The van der Waals surface area contributed by atoms with Gasteiger partial charge in [-0.25, -0.2) is 4.79 Å². The molecule has 0 aromatic heterocycles. The van der Waals surface area contributed by atoms with E-state index in [0.29, 0.717) is 16.9 Å². The zero-order valence-electron chi connectivity index (χ0n) is 22.1. The Kier molecular flexibility index (Phi) is 8.80. The number of carbonyl (C=O) groups excluding carboxylic acids is 5. The number of rotatable bonds is 8. The number of nitrogens with zero attached hydrogens (tertiary/aromatic N) is 1. The van der Waals surface area contributed by atoms with Crippen LogP contribution >= 0.6 is 11.8 Å². The molecule has 1 aliphatic heterocycles. The van der Waals surface area contributed by atoms with Gasteiger partial charge in [-0.15, -0.1) is 0 Å². The second-order valence-corrected chi connectivity index (χ2v) is 10.2. The SMILES string of the molecule is Cc1ccc(NC(=O)COC(=O)c2ccc(/C=C3\SC(=O)N(CC(=O)Nc4cc(C)ccc4C)C3=O)cc2)cc1. The van der Waals surface area contributed by atoms with Crippen molar-refractivity contribution in [2.24, 2.45) is 0 Å². The molecule has 9 nitrogen and oxygen atoms in total. The van der Waals surface area contributed by atoms with Crippen molar-refractivity contribution < 1.29 is 28.7 Å². The highest BCUT2D eigenvalue weighted by atomic mass is 32.2. The van der Waals surface area contributed by atoms with E-state index in [1.807, 2.05) is 51.1 Å². The molecule has 0 spiro atoms. The number of anilines is 2. The van der Waals surface area contributed by atoms with E-state index in [0.717, 1.165) is 33.4 Å². The Labute approximate surface area is 235 Å². The lowest BCUT2D eigenvalue weighted by atomic mass is 10.1. The second kappa shape index (κ2) is 12.4. The first-order valence-corrected chi connectivity index (χ1v) is 13.2. The van der Waals surface area contributed by atoms with Gasteiger partial charge in [0.1, 0.15) is 6.54 Å². The van der Waals surface area contributed by atoms with Crippen molar-refractivity contribution in [3.05, 3.63) is 99.5 Å². The molecule has 3 aromatic carbocycles. The third kappa shape index (κ3) is 7.23. The third-order valence-electron chi connectivity index (χ3n) is 5.96. The Morgan fingerprint density at radius 1 is 0.850 bits per heavy atom. The monoisotopic (exact) mass is 557 g/mol. The number of ether oxygens (including phenoxy) is 1.